The van der Waals surface area contributed by atoms with E-state index >= 15 is 0 Å². The lowest BCUT2D eigenvalue weighted by Gasteiger charge is -2.28. The van der Waals surface area contributed by atoms with Gasteiger partial charge in [-0.15, -0.1) is 0 Å². The number of rotatable bonds is 3. The Kier molecular flexibility index (Phi) is 5.45. The number of amides is 1. The van der Waals surface area contributed by atoms with Crippen LogP contribution in [-0.2, 0) is 9.05 Å². The molecule has 1 aromatic carbocycles. The Morgan fingerprint density at radius 3 is 2.33 bits per heavy atom. The molecule has 1 aromatic rings. The van der Waals surface area contributed by atoms with Gasteiger partial charge in [-0.3, -0.25) is 4.79 Å². The Balaban J connectivity index is 3.21. The first-order chi connectivity index (χ1) is 9.34. The van der Waals surface area contributed by atoms with Gasteiger partial charge in [-0.1, -0.05) is 20.8 Å². The maximum atomic E-state index is 13.8. The fourth-order valence-corrected chi connectivity index (χ4v) is 3.46. The van der Waals surface area contributed by atoms with E-state index in [0.717, 1.165) is 12.1 Å². The van der Waals surface area contributed by atoms with Crippen molar-refractivity contribution in [1.29, 1.82) is 0 Å². The van der Waals surface area contributed by atoms with Crippen LogP contribution in [0.5, 0.6) is 0 Å². The lowest BCUT2D eigenvalue weighted by molar-refractivity contribution is 0.0909. The van der Waals surface area contributed by atoms with E-state index in [1.54, 1.807) is 0 Å². The Bertz CT molecular complexity index is 671. The second-order valence-electron chi connectivity index (χ2n) is 5.77. The second kappa shape index (κ2) is 6.22. The van der Waals surface area contributed by atoms with Crippen LogP contribution in [0, 0.1) is 11.2 Å². The van der Waals surface area contributed by atoms with E-state index in [9.17, 15) is 17.6 Å². The Morgan fingerprint density at radius 1 is 1.38 bits per heavy atom. The van der Waals surface area contributed by atoms with E-state index in [2.05, 4.69) is 21.2 Å². The van der Waals surface area contributed by atoms with Crippen LogP contribution in [0.15, 0.2) is 21.5 Å². The molecule has 21 heavy (non-hydrogen) atoms. The third kappa shape index (κ3) is 4.66. The molecule has 1 N–H and O–H groups in total. The molecule has 1 unspecified atom stereocenters. The van der Waals surface area contributed by atoms with Crippen LogP contribution in [0.25, 0.3) is 0 Å². The third-order valence-corrected chi connectivity index (χ3v) is 5.58. The molecule has 0 saturated carbocycles. The molecule has 0 saturated heterocycles. The van der Waals surface area contributed by atoms with Gasteiger partial charge in [-0.25, -0.2) is 12.8 Å². The molecular weight excluding hydrogens is 385 g/mol. The molecule has 4 nitrogen and oxygen atoms in total. The summed E-state index contributed by atoms with van der Waals surface area (Å²) >= 11 is 2.81. The van der Waals surface area contributed by atoms with Crippen LogP contribution in [0.4, 0.5) is 4.39 Å². The summed E-state index contributed by atoms with van der Waals surface area (Å²) in [7, 11) is 1.07. The number of carbonyl (C=O) groups is 1. The average Bonchev–Trinajstić information content (AvgIpc) is 2.29. The first-order valence-electron chi connectivity index (χ1n) is 6.08. The lowest BCUT2D eigenvalue weighted by Crippen LogP contribution is -2.41. The summed E-state index contributed by atoms with van der Waals surface area (Å²) in [6.07, 6.45) is 0. The minimum atomic E-state index is -4.16. The molecule has 1 atom stereocenters. The monoisotopic (exact) mass is 399 g/mol. The maximum absolute atomic E-state index is 13.8. The fraction of sp³-hybridized carbons (Fsp3) is 0.462. The Hall–Kier alpha value is -0.660. The highest BCUT2D eigenvalue weighted by molar-refractivity contribution is 9.10. The van der Waals surface area contributed by atoms with Gasteiger partial charge in [0.2, 0.25) is 0 Å². The Morgan fingerprint density at radius 2 is 1.90 bits per heavy atom. The summed E-state index contributed by atoms with van der Waals surface area (Å²) < 4.78 is 36.3. The standard InChI is InChI=1S/C13H16BrClFNO3S/c1-7(13(2,3)4)17-12(18)8-5-9(16)11(14)10(6-8)21(15,19)20/h5-7H,1-4H3,(H,17,18). The van der Waals surface area contributed by atoms with Crippen LogP contribution < -0.4 is 5.32 Å². The molecule has 0 aliphatic rings. The van der Waals surface area contributed by atoms with E-state index in [0.29, 0.717) is 0 Å². The van der Waals surface area contributed by atoms with Crippen molar-refractivity contribution < 1.29 is 17.6 Å². The SMILES string of the molecule is CC(NC(=O)c1cc(F)c(Br)c(S(=O)(=O)Cl)c1)C(C)(C)C. The van der Waals surface area contributed by atoms with Gasteiger partial charge in [0.25, 0.3) is 15.0 Å². The number of nitrogens with one attached hydrogen (secondary N) is 1. The van der Waals surface area contributed by atoms with Crippen molar-refractivity contribution in [1.82, 2.24) is 5.32 Å². The van der Waals surface area contributed by atoms with E-state index in [1.807, 2.05) is 27.7 Å². The highest BCUT2D eigenvalue weighted by atomic mass is 79.9. The molecule has 0 radical (unpaired) electrons. The number of hydrogen-bond donors (Lipinski definition) is 1. The van der Waals surface area contributed by atoms with Gasteiger partial charge in [0.1, 0.15) is 10.7 Å². The van der Waals surface area contributed by atoms with Crippen molar-refractivity contribution in [2.24, 2.45) is 5.41 Å². The highest BCUT2D eigenvalue weighted by Crippen LogP contribution is 2.29. The molecule has 0 spiro atoms. The molecule has 0 fully saturated rings. The molecular formula is C13H16BrClFNO3S. The molecule has 0 aliphatic carbocycles. The van der Waals surface area contributed by atoms with E-state index in [1.165, 1.54) is 0 Å². The lowest BCUT2D eigenvalue weighted by atomic mass is 9.88. The Labute approximate surface area is 136 Å². The summed E-state index contributed by atoms with van der Waals surface area (Å²) in [6, 6.07) is 1.81. The van der Waals surface area contributed by atoms with Gasteiger partial charge in [0.15, 0.2) is 0 Å². The van der Waals surface area contributed by atoms with Crippen molar-refractivity contribution in [2.75, 3.05) is 0 Å². The van der Waals surface area contributed by atoms with E-state index < -0.39 is 25.7 Å². The maximum Gasteiger partial charge on any atom is 0.262 e. The predicted octanol–water partition coefficient (Wildman–Crippen LogP) is 3.68. The molecule has 8 heteroatoms. The zero-order valence-electron chi connectivity index (χ0n) is 12.0. The molecule has 0 heterocycles. The molecule has 0 bridgehead atoms. The number of carbonyl (C=O) groups excluding carboxylic acids is 1. The van der Waals surface area contributed by atoms with E-state index in [-0.39, 0.29) is 21.5 Å². The average molecular weight is 401 g/mol. The van der Waals surface area contributed by atoms with Crippen molar-refractivity contribution in [2.45, 2.75) is 38.6 Å². The van der Waals surface area contributed by atoms with Crippen LogP contribution in [0.1, 0.15) is 38.1 Å². The topological polar surface area (TPSA) is 63.2 Å². The predicted molar refractivity (Wildman–Crippen MR) is 83.5 cm³/mol. The van der Waals surface area contributed by atoms with Gasteiger partial charge in [0.05, 0.1) is 4.47 Å². The van der Waals surface area contributed by atoms with E-state index in [4.69, 9.17) is 10.7 Å². The summed E-state index contributed by atoms with van der Waals surface area (Å²) in [6.45, 7) is 7.63. The van der Waals surface area contributed by atoms with Gasteiger partial charge in [0, 0.05) is 22.3 Å². The van der Waals surface area contributed by atoms with Crippen molar-refractivity contribution in [3.63, 3.8) is 0 Å². The third-order valence-electron chi connectivity index (χ3n) is 3.17. The number of hydrogen-bond acceptors (Lipinski definition) is 3. The summed E-state index contributed by atoms with van der Waals surface area (Å²) in [5, 5.41) is 2.70. The molecule has 1 amide bonds. The first-order valence-corrected chi connectivity index (χ1v) is 9.19. The van der Waals surface area contributed by atoms with Crippen LogP contribution in [-0.4, -0.2) is 20.4 Å². The van der Waals surface area contributed by atoms with Gasteiger partial charge < -0.3 is 5.32 Å². The molecule has 0 aromatic heterocycles. The second-order valence-corrected chi connectivity index (χ2v) is 9.10. The van der Waals surface area contributed by atoms with Crippen LogP contribution in [0.2, 0.25) is 0 Å². The highest BCUT2D eigenvalue weighted by Gasteiger charge is 2.25. The normalized spacial score (nSPS) is 13.9. The first kappa shape index (κ1) is 18.4. The molecule has 118 valence electrons. The zero-order chi connectivity index (χ0) is 16.6. The van der Waals surface area contributed by atoms with Crippen molar-refractivity contribution in [3.05, 3.63) is 28.0 Å². The minimum Gasteiger partial charge on any atom is -0.349 e. The van der Waals surface area contributed by atoms with Crippen LogP contribution in [0.3, 0.4) is 0 Å². The smallest absolute Gasteiger partial charge is 0.262 e. The largest absolute Gasteiger partial charge is 0.349 e. The summed E-state index contributed by atoms with van der Waals surface area (Å²) in [5.74, 6) is -1.43. The van der Waals surface area contributed by atoms with Crippen LogP contribution >= 0.6 is 26.6 Å². The van der Waals surface area contributed by atoms with Gasteiger partial charge >= 0.3 is 0 Å². The van der Waals surface area contributed by atoms with Gasteiger partial charge in [-0.2, -0.15) is 0 Å². The number of halogens is 3. The summed E-state index contributed by atoms with van der Waals surface area (Å²) in [5.41, 5.74) is -0.295. The fourth-order valence-electron chi connectivity index (χ4n) is 1.37. The summed E-state index contributed by atoms with van der Waals surface area (Å²) in [4.78, 5) is 11.6. The minimum absolute atomic E-state index is 0.106. The van der Waals surface area contributed by atoms with Crippen molar-refractivity contribution >= 4 is 41.6 Å². The van der Waals surface area contributed by atoms with Crippen molar-refractivity contribution in [3.8, 4) is 0 Å². The molecule has 0 aliphatic heterocycles. The molecule has 1 rings (SSSR count). The zero-order valence-corrected chi connectivity index (χ0v) is 15.2. The number of benzene rings is 1. The van der Waals surface area contributed by atoms with Gasteiger partial charge in [-0.05, 0) is 40.4 Å². The quantitative estimate of drug-likeness (QED) is 0.787.